The number of anilines is 1. The molecule has 3 aromatic carbocycles. The molecule has 0 spiro atoms. The summed E-state index contributed by atoms with van der Waals surface area (Å²) in [4.78, 5) is 19.6. The van der Waals surface area contributed by atoms with Gasteiger partial charge in [0, 0.05) is 27.4 Å². The Balaban J connectivity index is 1.36. The molecule has 200 valence electrons. The van der Waals surface area contributed by atoms with E-state index >= 15 is 0 Å². The highest BCUT2D eigenvalue weighted by atomic mass is 35.5. The van der Waals surface area contributed by atoms with Gasteiger partial charge in [0.2, 0.25) is 0 Å². The van der Waals surface area contributed by atoms with Crippen molar-refractivity contribution < 1.29 is 9.53 Å². The fraction of sp³-hybridized carbons (Fsp3) is 0.273. The third kappa shape index (κ3) is 6.60. The number of nitrogens with zero attached hydrogens (tertiary/aromatic N) is 1. The highest BCUT2D eigenvalue weighted by Crippen LogP contribution is 2.45. The van der Waals surface area contributed by atoms with Gasteiger partial charge >= 0.3 is 0 Å². The van der Waals surface area contributed by atoms with Crippen molar-refractivity contribution in [2.45, 2.75) is 46.6 Å². The van der Waals surface area contributed by atoms with E-state index in [-0.39, 0.29) is 11.3 Å². The number of fused-ring (bicyclic) bond motifs is 1. The van der Waals surface area contributed by atoms with E-state index in [1.807, 2.05) is 85.1 Å². The molecule has 0 saturated heterocycles. The van der Waals surface area contributed by atoms with Gasteiger partial charge < -0.3 is 10.1 Å². The molecular weight excluding hydrogens is 524 g/mol. The molecule has 5 rings (SSSR count). The van der Waals surface area contributed by atoms with Crippen LogP contribution in [0.4, 0.5) is 10.7 Å². The van der Waals surface area contributed by atoms with Crippen LogP contribution < -0.4 is 10.1 Å². The van der Waals surface area contributed by atoms with Crippen molar-refractivity contribution in [1.29, 1.82) is 0 Å². The quantitative estimate of drug-likeness (QED) is 0.231. The molecule has 1 aromatic heterocycles. The van der Waals surface area contributed by atoms with Crippen molar-refractivity contribution in [3.8, 4) is 5.75 Å². The summed E-state index contributed by atoms with van der Waals surface area (Å²) < 4.78 is 5.91. The third-order valence-corrected chi connectivity index (χ3v) is 8.82. The molecule has 39 heavy (non-hydrogen) atoms. The van der Waals surface area contributed by atoms with E-state index in [1.165, 1.54) is 4.88 Å². The molecule has 1 aliphatic rings. The summed E-state index contributed by atoms with van der Waals surface area (Å²) in [5.41, 5.74) is 4.77. The number of hydrogen-bond acceptors (Lipinski definition) is 4. The molecule has 6 heteroatoms. The number of ether oxygens (including phenoxy) is 1. The molecular formula is C33H33ClN2O2S. The Morgan fingerprint density at radius 1 is 1.05 bits per heavy atom. The molecule has 0 radical (unpaired) electrons. The Labute approximate surface area is 239 Å². The normalized spacial score (nSPS) is 15.2. The Bertz CT molecular complexity index is 1470. The van der Waals surface area contributed by atoms with E-state index in [1.54, 1.807) is 11.3 Å². The van der Waals surface area contributed by atoms with Crippen LogP contribution in [0, 0.1) is 11.3 Å². The van der Waals surface area contributed by atoms with Gasteiger partial charge in [-0.15, -0.1) is 11.3 Å². The number of carbonyl (C=O) groups is 1. The summed E-state index contributed by atoms with van der Waals surface area (Å²) in [7, 11) is 0. The fourth-order valence-corrected chi connectivity index (χ4v) is 6.37. The monoisotopic (exact) mass is 556 g/mol. The topological polar surface area (TPSA) is 50.7 Å². The molecule has 1 amide bonds. The minimum atomic E-state index is -0.0941. The first-order valence-corrected chi connectivity index (χ1v) is 14.5. The SMILES string of the molecule is CC(C)(C)[C@H]1CCc2c(sc(N=Cc3ccc(OCc4ccccc4Cl)cc3)c2C(=O)Nc2ccccc2)C1. The van der Waals surface area contributed by atoms with Crippen molar-refractivity contribution in [2.24, 2.45) is 16.3 Å². The minimum absolute atomic E-state index is 0.0941. The molecule has 0 aliphatic heterocycles. The highest BCUT2D eigenvalue weighted by molar-refractivity contribution is 7.16. The summed E-state index contributed by atoms with van der Waals surface area (Å²) in [5, 5.41) is 4.54. The predicted octanol–water partition coefficient (Wildman–Crippen LogP) is 9.13. The molecule has 0 fully saturated rings. The van der Waals surface area contributed by atoms with Crippen LogP contribution in [-0.2, 0) is 19.4 Å². The zero-order valence-electron chi connectivity index (χ0n) is 22.5. The van der Waals surface area contributed by atoms with Gasteiger partial charge in [-0.3, -0.25) is 4.79 Å². The lowest BCUT2D eigenvalue weighted by atomic mass is 9.72. The van der Waals surface area contributed by atoms with Crippen LogP contribution >= 0.6 is 22.9 Å². The van der Waals surface area contributed by atoms with Crippen LogP contribution in [0.15, 0.2) is 83.9 Å². The second-order valence-corrected chi connectivity index (χ2v) is 12.5. The number of para-hydroxylation sites is 1. The smallest absolute Gasteiger partial charge is 0.259 e. The zero-order chi connectivity index (χ0) is 27.4. The lowest BCUT2D eigenvalue weighted by Gasteiger charge is -2.33. The molecule has 1 N–H and O–H groups in total. The van der Waals surface area contributed by atoms with Gasteiger partial charge in [-0.1, -0.05) is 68.8 Å². The first kappa shape index (κ1) is 27.2. The summed E-state index contributed by atoms with van der Waals surface area (Å²) in [6, 6.07) is 25.1. The van der Waals surface area contributed by atoms with Gasteiger partial charge in [0.15, 0.2) is 0 Å². The number of benzene rings is 3. The molecule has 4 aromatic rings. The Kier molecular flexibility index (Phi) is 8.20. The maximum Gasteiger partial charge on any atom is 0.259 e. The van der Waals surface area contributed by atoms with Gasteiger partial charge in [-0.2, -0.15) is 0 Å². The fourth-order valence-electron chi connectivity index (χ4n) is 4.91. The van der Waals surface area contributed by atoms with E-state index in [0.29, 0.717) is 23.1 Å². The predicted molar refractivity (Wildman–Crippen MR) is 163 cm³/mol. The number of nitrogens with one attached hydrogen (secondary N) is 1. The number of halogens is 1. The zero-order valence-corrected chi connectivity index (χ0v) is 24.1. The molecule has 1 atom stereocenters. The average Bonchev–Trinajstić information content (AvgIpc) is 3.30. The highest BCUT2D eigenvalue weighted by Gasteiger charge is 2.33. The number of aliphatic imine (C=N–C) groups is 1. The molecule has 4 nitrogen and oxygen atoms in total. The van der Waals surface area contributed by atoms with E-state index in [0.717, 1.165) is 52.4 Å². The molecule has 0 saturated carbocycles. The van der Waals surface area contributed by atoms with Crippen molar-refractivity contribution in [2.75, 3.05) is 5.32 Å². The molecule has 1 aliphatic carbocycles. The maximum atomic E-state index is 13.5. The number of hydrogen-bond donors (Lipinski definition) is 1. The van der Waals surface area contributed by atoms with Crippen LogP contribution in [-0.4, -0.2) is 12.1 Å². The first-order valence-electron chi connectivity index (χ1n) is 13.3. The molecule has 0 unspecified atom stereocenters. The van der Waals surface area contributed by atoms with Gasteiger partial charge in [-0.05, 0) is 84.2 Å². The Hall–Kier alpha value is -3.41. The van der Waals surface area contributed by atoms with E-state index in [4.69, 9.17) is 21.3 Å². The van der Waals surface area contributed by atoms with E-state index in [2.05, 4.69) is 26.1 Å². The summed E-state index contributed by atoms with van der Waals surface area (Å²) in [6.45, 7) is 7.32. The summed E-state index contributed by atoms with van der Waals surface area (Å²) >= 11 is 7.89. The van der Waals surface area contributed by atoms with Crippen molar-refractivity contribution in [1.82, 2.24) is 0 Å². The largest absolute Gasteiger partial charge is 0.489 e. The summed E-state index contributed by atoms with van der Waals surface area (Å²) in [5.74, 6) is 1.25. The van der Waals surface area contributed by atoms with Crippen LogP contribution in [0.5, 0.6) is 5.75 Å². The van der Waals surface area contributed by atoms with Crippen molar-refractivity contribution in [3.05, 3.63) is 111 Å². The van der Waals surface area contributed by atoms with Gasteiger partial charge in [0.05, 0.1) is 5.56 Å². The lowest BCUT2D eigenvalue weighted by molar-refractivity contribution is 0.102. The lowest BCUT2D eigenvalue weighted by Crippen LogP contribution is -2.27. The number of thiophene rings is 1. The second kappa shape index (κ2) is 11.8. The number of carbonyl (C=O) groups excluding carboxylic acids is 1. The third-order valence-electron chi connectivity index (χ3n) is 7.29. The number of amides is 1. The van der Waals surface area contributed by atoms with E-state index < -0.39 is 0 Å². The Morgan fingerprint density at radius 3 is 2.49 bits per heavy atom. The van der Waals surface area contributed by atoms with Crippen LogP contribution in [0.2, 0.25) is 5.02 Å². The van der Waals surface area contributed by atoms with Crippen LogP contribution in [0.1, 0.15) is 59.1 Å². The number of rotatable bonds is 7. The van der Waals surface area contributed by atoms with Crippen molar-refractivity contribution >= 4 is 45.7 Å². The first-order chi connectivity index (χ1) is 18.8. The summed E-state index contributed by atoms with van der Waals surface area (Å²) in [6.07, 6.45) is 4.80. The standard InChI is InChI=1S/C33H33ClN2O2S/c1-33(2,3)24-15-18-27-29(19-24)39-32(30(27)31(37)36-25-10-5-4-6-11-25)35-20-22-13-16-26(17-14-22)38-21-23-9-7-8-12-28(23)34/h4-14,16-17,20,24H,15,18-19,21H2,1-3H3,(H,36,37)/t24-/m0/s1. The average molecular weight is 557 g/mol. The van der Waals surface area contributed by atoms with Crippen LogP contribution in [0.3, 0.4) is 0 Å². The Morgan fingerprint density at radius 2 is 1.77 bits per heavy atom. The van der Waals surface area contributed by atoms with Gasteiger partial charge in [-0.25, -0.2) is 4.99 Å². The molecule has 1 heterocycles. The van der Waals surface area contributed by atoms with Crippen LogP contribution in [0.25, 0.3) is 0 Å². The second-order valence-electron chi connectivity index (χ2n) is 11.0. The van der Waals surface area contributed by atoms with Gasteiger partial charge in [0.1, 0.15) is 17.4 Å². The molecule has 0 bridgehead atoms. The van der Waals surface area contributed by atoms with Crippen molar-refractivity contribution in [3.63, 3.8) is 0 Å². The maximum absolute atomic E-state index is 13.5. The van der Waals surface area contributed by atoms with Gasteiger partial charge in [0.25, 0.3) is 5.91 Å². The van der Waals surface area contributed by atoms with E-state index in [9.17, 15) is 4.79 Å². The minimum Gasteiger partial charge on any atom is -0.489 e.